The van der Waals surface area contributed by atoms with Crippen LogP contribution in [0, 0.1) is 11.8 Å². The minimum Gasteiger partial charge on any atom is -0.261 e. The lowest BCUT2D eigenvalue weighted by Crippen LogP contribution is -2.22. The van der Waals surface area contributed by atoms with E-state index >= 15 is 0 Å². The van der Waals surface area contributed by atoms with Gasteiger partial charge in [-0.15, -0.1) is 0 Å². The first-order valence-corrected chi connectivity index (χ1v) is 21.4. The van der Waals surface area contributed by atoms with Crippen molar-refractivity contribution >= 4 is 33.4 Å². The van der Waals surface area contributed by atoms with E-state index in [2.05, 4.69) is 211 Å². The molecule has 1 aliphatic heterocycles. The van der Waals surface area contributed by atoms with Gasteiger partial charge in [-0.05, 0) is 57.2 Å². The number of allylic oxidation sites excluding steroid dienone is 7. The smallest absolute Gasteiger partial charge is 0.131 e. The number of nitrogens with zero attached hydrogens (tertiary/aromatic N) is 4. The molecule has 0 bridgehead atoms. The summed E-state index contributed by atoms with van der Waals surface area (Å²) in [6, 6.07) is 60.4. The molecule has 0 amide bonds. The zero-order valence-corrected chi connectivity index (χ0v) is 33.8. The number of aliphatic imine (C=N–C) groups is 2. The molecule has 8 aromatic rings. The molecule has 4 nitrogen and oxygen atoms in total. The molecule has 3 aliphatic rings. The maximum absolute atomic E-state index is 5.43. The normalized spacial score (nSPS) is 18.7. The highest BCUT2D eigenvalue weighted by Crippen LogP contribution is 2.43. The van der Waals surface area contributed by atoms with Crippen LogP contribution < -0.4 is 0 Å². The van der Waals surface area contributed by atoms with E-state index in [0.29, 0.717) is 5.92 Å². The number of benzene rings is 6. The third-order valence-corrected chi connectivity index (χ3v) is 12.5. The monoisotopic (exact) mass is 784 g/mol. The van der Waals surface area contributed by atoms with E-state index in [4.69, 9.17) is 15.1 Å². The number of rotatable bonds is 8. The van der Waals surface area contributed by atoms with Gasteiger partial charge >= 0.3 is 0 Å². The number of hydrogen-bond acceptors (Lipinski definition) is 3. The molecule has 2 aliphatic carbocycles. The molecule has 292 valence electrons. The van der Waals surface area contributed by atoms with Gasteiger partial charge in [0.05, 0.1) is 29.2 Å². The molecular weight excluding hydrogens is 741 g/mol. The first-order valence-electron chi connectivity index (χ1n) is 21.4. The lowest BCUT2D eigenvalue weighted by molar-refractivity contribution is 0.715. The maximum Gasteiger partial charge on any atom is 0.131 e. The molecule has 0 saturated heterocycles. The number of pyridine rings is 1. The van der Waals surface area contributed by atoms with Crippen molar-refractivity contribution in [3.8, 4) is 33.5 Å². The van der Waals surface area contributed by atoms with E-state index in [0.717, 1.165) is 75.4 Å². The third-order valence-electron chi connectivity index (χ3n) is 12.5. The van der Waals surface area contributed by atoms with Crippen molar-refractivity contribution in [2.75, 3.05) is 0 Å². The summed E-state index contributed by atoms with van der Waals surface area (Å²) in [6.07, 6.45) is 18.7. The fourth-order valence-corrected chi connectivity index (χ4v) is 9.37. The van der Waals surface area contributed by atoms with E-state index in [1.165, 1.54) is 33.0 Å². The van der Waals surface area contributed by atoms with Crippen LogP contribution in [-0.2, 0) is 0 Å². The molecule has 4 heteroatoms. The van der Waals surface area contributed by atoms with Crippen molar-refractivity contribution < 1.29 is 0 Å². The second kappa shape index (κ2) is 16.0. The van der Waals surface area contributed by atoms with Gasteiger partial charge in [-0.25, -0.2) is 9.51 Å². The molecule has 0 N–H and O–H groups in total. The Bertz CT molecular complexity index is 3080. The molecule has 11 rings (SSSR count). The van der Waals surface area contributed by atoms with Gasteiger partial charge in [0.15, 0.2) is 0 Å². The number of fused-ring (bicyclic) bond motifs is 3. The Morgan fingerprint density at radius 3 is 1.77 bits per heavy atom. The highest BCUT2D eigenvalue weighted by molar-refractivity contribution is 6.13. The molecule has 61 heavy (non-hydrogen) atoms. The SMILES string of the molecule is C1=CC(C2=CCC(C3=NC(c4ccc(-c5c(-c6ccccc6)n6ncc(-c7ccccc7)c6c6ccccc56)cc4)CC(c4ccccc4)=N3)C=C2)CC=C1c1ccccc1. The summed E-state index contributed by atoms with van der Waals surface area (Å²) in [6.45, 7) is 0. The Kier molecular flexibility index (Phi) is 9.59. The predicted molar refractivity (Wildman–Crippen MR) is 254 cm³/mol. The lowest BCUT2D eigenvalue weighted by atomic mass is 9.83. The average molecular weight is 785 g/mol. The molecule has 2 aromatic heterocycles. The molecule has 0 spiro atoms. The molecule has 3 unspecified atom stereocenters. The highest BCUT2D eigenvalue weighted by atomic mass is 15.2. The van der Waals surface area contributed by atoms with Crippen LogP contribution in [0.5, 0.6) is 0 Å². The van der Waals surface area contributed by atoms with E-state index in [-0.39, 0.29) is 12.0 Å². The Hall–Kier alpha value is -7.43. The van der Waals surface area contributed by atoms with Gasteiger partial charge in [0.25, 0.3) is 0 Å². The minimum atomic E-state index is -0.0503. The molecule has 0 saturated carbocycles. The van der Waals surface area contributed by atoms with Crippen LogP contribution in [0.2, 0.25) is 0 Å². The van der Waals surface area contributed by atoms with Crippen molar-refractivity contribution in [1.29, 1.82) is 0 Å². The van der Waals surface area contributed by atoms with Crippen LogP contribution in [0.1, 0.15) is 42.0 Å². The molecule has 3 heterocycles. The van der Waals surface area contributed by atoms with E-state index in [1.807, 2.05) is 6.20 Å². The van der Waals surface area contributed by atoms with Crippen LogP contribution in [0.25, 0.3) is 55.4 Å². The summed E-state index contributed by atoms with van der Waals surface area (Å²) in [5, 5.41) is 7.48. The Morgan fingerprint density at radius 1 is 0.508 bits per heavy atom. The van der Waals surface area contributed by atoms with Crippen LogP contribution in [0.15, 0.2) is 228 Å². The summed E-state index contributed by atoms with van der Waals surface area (Å²) in [5.74, 6) is 1.41. The Labute approximate surface area is 357 Å². The van der Waals surface area contributed by atoms with Crippen molar-refractivity contribution in [2.45, 2.75) is 25.3 Å². The first kappa shape index (κ1) is 36.6. The van der Waals surface area contributed by atoms with E-state index < -0.39 is 0 Å². The van der Waals surface area contributed by atoms with Crippen molar-refractivity contribution in [3.05, 3.63) is 235 Å². The minimum absolute atomic E-state index is 0.0503. The number of amidine groups is 1. The second-order valence-corrected chi connectivity index (χ2v) is 16.2. The zero-order chi connectivity index (χ0) is 40.5. The average Bonchev–Trinajstić information content (AvgIpc) is 3.80. The van der Waals surface area contributed by atoms with Crippen LogP contribution in [-0.4, -0.2) is 21.2 Å². The summed E-state index contributed by atoms with van der Waals surface area (Å²) < 4.78 is 2.16. The molecule has 3 atom stereocenters. The largest absolute Gasteiger partial charge is 0.261 e. The maximum atomic E-state index is 5.43. The zero-order valence-electron chi connectivity index (χ0n) is 33.8. The van der Waals surface area contributed by atoms with Gasteiger partial charge in [-0.3, -0.25) is 4.99 Å². The number of aromatic nitrogens is 2. The van der Waals surface area contributed by atoms with Gasteiger partial charge in [-0.2, -0.15) is 5.10 Å². The fourth-order valence-electron chi connectivity index (χ4n) is 9.37. The summed E-state index contributed by atoms with van der Waals surface area (Å²) in [7, 11) is 0. The van der Waals surface area contributed by atoms with Crippen LogP contribution in [0.4, 0.5) is 0 Å². The molecular formula is C57H44N4. The van der Waals surface area contributed by atoms with Crippen molar-refractivity contribution in [2.24, 2.45) is 21.8 Å². The molecule has 6 aromatic carbocycles. The fraction of sp³-hybridized carbons (Fsp3) is 0.105. The topological polar surface area (TPSA) is 42.0 Å². The Morgan fingerprint density at radius 2 is 1.11 bits per heavy atom. The standard InChI is InChI=1S/C57H44N4/c1-5-15-39(16-6-1)40-25-27-41(28-26-40)42-29-35-48(36-30-42)57-59-52(44-19-9-3-10-20-44)37-53(60-57)45-31-33-46(34-32-45)54-49-23-13-14-24-50(49)56-51(43-17-7-2-8-18-43)38-58-61(56)55(54)47-21-11-4-12-22-47/h1-27,29-35,38,41,48,53H,28,36-37H2. The van der Waals surface area contributed by atoms with Crippen LogP contribution >= 0.6 is 0 Å². The quantitative estimate of drug-likeness (QED) is 0.151. The van der Waals surface area contributed by atoms with Gasteiger partial charge in [0.1, 0.15) is 5.84 Å². The number of hydrogen-bond donors (Lipinski definition) is 0. The van der Waals surface area contributed by atoms with E-state index in [9.17, 15) is 0 Å². The second-order valence-electron chi connectivity index (χ2n) is 16.2. The summed E-state index contributed by atoms with van der Waals surface area (Å²) in [4.78, 5) is 10.7. The first-order chi connectivity index (χ1) is 30.2. The van der Waals surface area contributed by atoms with Gasteiger partial charge < -0.3 is 0 Å². The van der Waals surface area contributed by atoms with Crippen LogP contribution in [0.3, 0.4) is 0 Å². The van der Waals surface area contributed by atoms with E-state index in [1.54, 1.807) is 0 Å². The van der Waals surface area contributed by atoms with Gasteiger partial charge in [0, 0.05) is 40.3 Å². The predicted octanol–water partition coefficient (Wildman–Crippen LogP) is 14.0. The lowest BCUT2D eigenvalue weighted by Gasteiger charge is -2.26. The van der Waals surface area contributed by atoms with Gasteiger partial charge in [0.2, 0.25) is 0 Å². The third kappa shape index (κ3) is 7.00. The van der Waals surface area contributed by atoms with Crippen molar-refractivity contribution in [1.82, 2.24) is 9.61 Å². The molecule has 0 fully saturated rings. The highest BCUT2D eigenvalue weighted by Gasteiger charge is 2.27. The summed E-state index contributed by atoms with van der Waals surface area (Å²) >= 11 is 0. The summed E-state index contributed by atoms with van der Waals surface area (Å²) in [5.41, 5.74) is 15.3. The molecule has 0 radical (unpaired) electrons. The van der Waals surface area contributed by atoms with Gasteiger partial charge in [-0.1, -0.05) is 206 Å². The van der Waals surface area contributed by atoms with Crippen molar-refractivity contribution in [3.63, 3.8) is 0 Å². The Balaban J connectivity index is 0.939.